The molecule has 3 nitrogen and oxygen atoms in total. The van der Waals surface area contributed by atoms with Crippen molar-refractivity contribution in [3.63, 3.8) is 0 Å². The van der Waals surface area contributed by atoms with Gasteiger partial charge in [-0.25, -0.2) is 0 Å². The minimum absolute atomic E-state index is 0.0569. The van der Waals surface area contributed by atoms with E-state index in [4.69, 9.17) is 0 Å². The first-order chi connectivity index (χ1) is 7.31. The van der Waals surface area contributed by atoms with E-state index in [0.717, 1.165) is 5.52 Å². The molecule has 1 aromatic carbocycles. The highest BCUT2D eigenvalue weighted by atomic mass is 16.1. The van der Waals surface area contributed by atoms with Crippen LogP contribution in [0.1, 0.15) is 5.56 Å². The first-order valence-corrected chi connectivity index (χ1v) is 4.38. The van der Waals surface area contributed by atoms with Crippen molar-refractivity contribution in [2.45, 2.75) is 0 Å². The monoisotopic (exact) mass is 197 g/mol. The molecule has 0 aliphatic heterocycles. The van der Waals surface area contributed by atoms with Crippen LogP contribution in [0.15, 0.2) is 35.3 Å². The zero-order valence-corrected chi connectivity index (χ0v) is 7.78. The van der Waals surface area contributed by atoms with E-state index in [1.165, 1.54) is 6.07 Å². The lowest BCUT2D eigenvalue weighted by Gasteiger charge is -1.96. The van der Waals surface area contributed by atoms with Crippen LogP contribution in [-0.4, -0.2) is 11.3 Å². The number of carbonyl (C=O) groups excluding carboxylic acids is 1. The Labute approximate surface area is 85.7 Å². The molecule has 2 aromatic rings. The Bertz CT molecular complexity index is 629. The van der Waals surface area contributed by atoms with E-state index in [1.54, 1.807) is 24.4 Å². The fourth-order valence-electron chi connectivity index (χ4n) is 1.36. The van der Waals surface area contributed by atoms with E-state index in [1.807, 2.05) is 0 Å². The van der Waals surface area contributed by atoms with E-state index in [-0.39, 0.29) is 5.43 Å². The number of H-pyrrole nitrogens is 1. The maximum Gasteiger partial charge on any atom is 0.193 e. The zero-order valence-electron chi connectivity index (χ0n) is 7.78. The van der Waals surface area contributed by atoms with E-state index < -0.39 is 0 Å². The van der Waals surface area contributed by atoms with Gasteiger partial charge >= 0.3 is 0 Å². The Hall–Kier alpha value is -2.34. The Morgan fingerprint density at radius 1 is 1.27 bits per heavy atom. The van der Waals surface area contributed by atoms with Crippen LogP contribution in [0.5, 0.6) is 0 Å². The fraction of sp³-hybridized carbons (Fsp3) is 0. The van der Waals surface area contributed by atoms with Crippen molar-refractivity contribution in [1.82, 2.24) is 4.98 Å². The summed E-state index contributed by atoms with van der Waals surface area (Å²) in [6, 6.07) is 6.66. The van der Waals surface area contributed by atoms with Gasteiger partial charge in [0.25, 0.3) is 0 Å². The number of nitrogens with one attached hydrogen (secondary N) is 1. The van der Waals surface area contributed by atoms with Crippen LogP contribution < -0.4 is 5.43 Å². The third-order valence-electron chi connectivity index (χ3n) is 2.03. The molecule has 1 aromatic heterocycles. The number of hydrogen-bond donors (Lipinski definition) is 1. The van der Waals surface area contributed by atoms with Crippen molar-refractivity contribution in [1.29, 1.82) is 0 Å². The van der Waals surface area contributed by atoms with E-state index in [0.29, 0.717) is 17.2 Å². The minimum Gasteiger partial charge on any atom is -0.361 e. The Morgan fingerprint density at radius 2 is 2.13 bits per heavy atom. The quantitative estimate of drug-likeness (QED) is 0.507. The lowest BCUT2D eigenvalue weighted by Crippen LogP contribution is -1.99. The van der Waals surface area contributed by atoms with Gasteiger partial charge in [0.05, 0.1) is 0 Å². The SMILES string of the molecule is O=CC#Cc1ccc2[nH]ccc(=O)c2c1. The molecule has 15 heavy (non-hydrogen) atoms. The normalized spacial score (nSPS) is 9.33. The summed E-state index contributed by atoms with van der Waals surface area (Å²) < 4.78 is 0. The van der Waals surface area contributed by atoms with Gasteiger partial charge in [-0.3, -0.25) is 9.59 Å². The predicted molar refractivity (Wildman–Crippen MR) is 57.5 cm³/mol. The average molecular weight is 197 g/mol. The molecule has 0 bridgehead atoms. The van der Waals surface area contributed by atoms with Gasteiger partial charge in [0.2, 0.25) is 0 Å². The van der Waals surface area contributed by atoms with Gasteiger partial charge in [-0.05, 0) is 24.1 Å². The highest BCUT2D eigenvalue weighted by molar-refractivity contribution is 5.81. The van der Waals surface area contributed by atoms with Crippen LogP contribution in [0.4, 0.5) is 0 Å². The van der Waals surface area contributed by atoms with Crippen molar-refractivity contribution in [2.24, 2.45) is 0 Å². The summed E-state index contributed by atoms with van der Waals surface area (Å²) in [5.41, 5.74) is 1.36. The molecule has 0 saturated carbocycles. The molecule has 1 N–H and O–H groups in total. The Kier molecular flexibility index (Phi) is 2.34. The summed E-state index contributed by atoms with van der Waals surface area (Å²) >= 11 is 0. The summed E-state index contributed by atoms with van der Waals surface area (Å²) in [5.74, 6) is 4.95. The number of aldehydes is 1. The molecular weight excluding hydrogens is 190 g/mol. The van der Waals surface area contributed by atoms with Crippen LogP contribution in [0.2, 0.25) is 0 Å². The van der Waals surface area contributed by atoms with Gasteiger partial charge < -0.3 is 4.98 Å². The average Bonchev–Trinajstić information content (AvgIpc) is 2.27. The van der Waals surface area contributed by atoms with Gasteiger partial charge in [-0.15, -0.1) is 0 Å². The van der Waals surface area contributed by atoms with Crippen LogP contribution in [0, 0.1) is 11.8 Å². The standard InChI is InChI=1S/C12H7NO2/c14-7-1-2-9-3-4-11-10(8-9)12(15)5-6-13-11/h3-8H,(H,13,15). The second kappa shape index (κ2) is 3.81. The van der Waals surface area contributed by atoms with Gasteiger partial charge in [-0.1, -0.05) is 5.92 Å². The van der Waals surface area contributed by atoms with Crippen molar-refractivity contribution in [3.05, 3.63) is 46.2 Å². The molecule has 1 heterocycles. The lowest BCUT2D eigenvalue weighted by molar-refractivity contribution is -0.103. The highest BCUT2D eigenvalue weighted by Crippen LogP contribution is 2.08. The van der Waals surface area contributed by atoms with Crippen molar-refractivity contribution < 1.29 is 4.79 Å². The molecule has 0 saturated heterocycles. The number of hydrogen-bond acceptors (Lipinski definition) is 2. The van der Waals surface area contributed by atoms with Crippen molar-refractivity contribution >= 4 is 17.2 Å². The second-order valence-corrected chi connectivity index (χ2v) is 2.99. The number of fused-ring (bicyclic) bond motifs is 1. The van der Waals surface area contributed by atoms with Gasteiger partial charge in [0, 0.05) is 28.7 Å². The summed E-state index contributed by atoms with van der Waals surface area (Å²) in [7, 11) is 0. The number of carbonyl (C=O) groups is 1. The van der Waals surface area contributed by atoms with Crippen molar-refractivity contribution in [2.75, 3.05) is 0 Å². The molecule has 3 heteroatoms. The molecule has 0 atom stereocenters. The van der Waals surface area contributed by atoms with Gasteiger partial charge in [-0.2, -0.15) is 0 Å². The van der Waals surface area contributed by atoms with E-state index in [2.05, 4.69) is 16.8 Å². The smallest absolute Gasteiger partial charge is 0.193 e. The number of benzene rings is 1. The first-order valence-electron chi connectivity index (χ1n) is 4.38. The summed E-state index contributed by atoms with van der Waals surface area (Å²) in [6.45, 7) is 0. The van der Waals surface area contributed by atoms with Gasteiger partial charge in [0.15, 0.2) is 11.7 Å². The Morgan fingerprint density at radius 3 is 2.93 bits per heavy atom. The maximum atomic E-state index is 11.5. The summed E-state index contributed by atoms with van der Waals surface area (Å²) in [4.78, 5) is 24.5. The zero-order chi connectivity index (χ0) is 10.7. The van der Waals surface area contributed by atoms with Crippen LogP contribution >= 0.6 is 0 Å². The molecule has 0 aliphatic rings. The van der Waals surface area contributed by atoms with Crippen LogP contribution in [0.3, 0.4) is 0 Å². The van der Waals surface area contributed by atoms with E-state index in [9.17, 15) is 9.59 Å². The minimum atomic E-state index is -0.0569. The first kappa shape index (κ1) is 9.22. The van der Waals surface area contributed by atoms with Crippen LogP contribution in [-0.2, 0) is 4.79 Å². The summed E-state index contributed by atoms with van der Waals surface area (Å²) in [6.07, 6.45) is 2.13. The number of pyridine rings is 1. The molecule has 0 aliphatic carbocycles. The number of aromatic nitrogens is 1. The number of rotatable bonds is 0. The lowest BCUT2D eigenvalue weighted by atomic mass is 10.1. The maximum absolute atomic E-state index is 11.5. The molecule has 0 radical (unpaired) electrons. The molecule has 72 valence electrons. The predicted octanol–water partition coefficient (Wildman–Crippen LogP) is 1.08. The number of aromatic amines is 1. The third kappa shape index (κ3) is 1.79. The summed E-state index contributed by atoms with van der Waals surface area (Å²) in [5, 5.41) is 0.579. The molecule has 0 spiro atoms. The fourth-order valence-corrected chi connectivity index (χ4v) is 1.36. The molecule has 0 unspecified atom stereocenters. The highest BCUT2D eigenvalue weighted by Gasteiger charge is 1.97. The van der Waals surface area contributed by atoms with Crippen molar-refractivity contribution in [3.8, 4) is 11.8 Å². The molecule has 2 rings (SSSR count). The molecule has 0 fully saturated rings. The topological polar surface area (TPSA) is 49.9 Å². The van der Waals surface area contributed by atoms with Crippen LogP contribution in [0.25, 0.3) is 10.9 Å². The molecular formula is C12H7NO2. The second-order valence-electron chi connectivity index (χ2n) is 2.99. The van der Waals surface area contributed by atoms with Gasteiger partial charge in [0.1, 0.15) is 0 Å². The Balaban J connectivity index is 2.70. The largest absolute Gasteiger partial charge is 0.361 e. The van der Waals surface area contributed by atoms with E-state index >= 15 is 0 Å². The third-order valence-corrected chi connectivity index (χ3v) is 2.03. The molecule has 0 amide bonds.